The van der Waals surface area contributed by atoms with Gasteiger partial charge in [-0.1, -0.05) is 30.0 Å². The minimum absolute atomic E-state index is 0.187. The van der Waals surface area contributed by atoms with Gasteiger partial charge in [-0.2, -0.15) is 0 Å². The summed E-state index contributed by atoms with van der Waals surface area (Å²) in [5.41, 5.74) is 7.26. The molecule has 3 rings (SSSR count). The minimum Gasteiger partial charge on any atom is -0.408 e. The number of carbonyl (C=O) groups is 1. The highest BCUT2D eigenvalue weighted by atomic mass is 16.6. The van der Waals surface area contributed by atoms with Gasteiger partial charge in [0.1, 0.15) is 0 Å². The summed E-state index contributed by atoms with van der Waals surface area (Å²) in [6.07, 6.45) is 5.44. The molecule has 0 fully saturated rings. The Hall–Kier alpha value is -3.92. The molecule has 25 heavy (non-hydrogen) atoms. The quantitative estimate of drug-likeness (QED) is 0.699. The van der Waals surface area contributed by atoms with Gasteiger partial charge in [0.05, 0.1) is 11.8 Å². The van der Waals surface area contributed by atoms with Gasteiger partial charge in [0.15, 0.2) is 5.75 Å². The molecule has 2 heterocycles. The zero-order valence-electron chi connectivity index (χ0n) is 13.0. The molecule has 0 aliphatic carbocycles. The third-order valence-corrected chi connectivity index (χ3v) is 2.97. The fraction of sp³-hybridized carbons (Fsp3) is 0. The van der Waals surface area contributed by atoms with Gasteiger partial charge in [-0.15, -0.1) is 0 Å². The van der Waals surface area contributed by atoms with Gasteiger partial charge in [-0.25, -0.2) is 14.8 Å². The molecule has 0 radical (unpaired) electrons. The summed E-state index contributed by atoms with van der Waals surface area (Å²) in [5, 5.41) is 2.62. The molecule has 7 nitrogen and oxygen atoms in total. The number of benzene rings is 1. The van der Waals surface area contributed by atoms with Crippen LogP contribution in [-0.2, 0) is 0 Å². The van der Waals surface area contributed by atoms with Crippen molar-refractivity contribution in [3.8, 4) is 17.6 Å². The Bertz CT molecular complexity index is 931. The molecule has 2 aromatic heterocycles. The highest BCUT2D eigenvalue weighted by Gasteiger charge is 2.05. The molecule has 0 aliphatic rings. The van der Waals surface area contributed by atoms with E-state index < -0.39 is 6.09 Å². The highest BCUT2D eigenvalue weighted by molar-refractivity contribution is 5.86. The zero-order chi connectivity index (χ0) is 17.5. The number of ether oxygens (including phenoxy) is 1. The van der Waals surface area contributed by atoms with Crippen LogP contribution in [-0.4, -0.2) is 21.0 Å². The molecule has 1 aromatic carbocycles. The van der Waals surface area contributed by atoms with Crippen LogP contribution in [0.15, 0.2) is 61.2 Å². The number of anilines is 2. The monoisotopic (exact) mass is 331 g/mol. The average molecular weight is 331 g/mol. The van der Waals surface area contributed by atoms with E-state index in [0.29, 0.717) is 16.8 Å². The Morgan fingerprint density at radius 2 is 1.72 bits per heavy atom. The lowest BCUT2D eigenvalue weighted by molar-refractivity contribution is 0.215. The number of nitrogens with zero attached hydrogens (tertiary/aromatic N) is 3. The summed E-state index contributed by atoms with van der Waals surface area (Å²) in [4.78, 5) is 23.6. The third-order valence-electron chi connectivity index (χ3n) is 2.97. The number of para-hydroxylation sites is 1. The standard InChI is InChI=1S/C18H13N5O2/c19-17-21-10-14(11-22-17)7-6-13-8-16(12-20-9-13)25-18(24)23-15-4-2-1-3-5-15/h1-5,8-12H,(H,23,24)(H2,19,21,22). The predicted octanol–water partition coefficient (Wildman–Crippen LogP) is 2.46. The van der Waals surface area contributed by atoms with E-state index in [0.717, 1.165) is 0 Å². The number of rotatable bonds is 2. The number of nitrogens with one attached hydrogen (secondary N) is 1. The second kappa shape index (κ2) is 7.57. The average Bonchev–Trinajstić information content (AvgIpc) is 2.62. The van der Waals surface area contributed by atoms with Crippen molar-refractivity contribution in [2.75, 3.05) is 11.1 Å². The van der Waals surface area contributed by atoms with Gasteiger partial charge in [0.25, 0.3) is 0 Å². The van der Waals surface area contributed by atoms with E-state index in [9.17, 15) is 4.79 Å². The molecule has 3 N–H and O–H groups in total. The number of hydrogen-bond acceptors (Lipinski definition) is 6. The van der Waals surface area contributed by atoms with Crippen LogP contribution in [0.25, 0.3) is 0 Å². The maximum absolute atomic E-state index is 11.9. The number of nitrogens with two attached hydrogens (primary N) is 1. The van der Waals surface area contributed by atoms with Crippen molar-refractivity contribution in [3.63, 3.8) is 0 Å². The second-order valence-corrected chi connectivity index (χ2v) is 4.87. The molecule has 0 bridgehead atoms. The van der Waals surface area contributed by atoms with E-state index in [1.807, 2.05) is 18.2 Å². The van der Waals surface area contributed by atoms with Gasteiger partial charge >= 0.3 is 6.09 Å². The van der Waals surface area contributed by atoms with Crippen LogP contribution in [0.1, 0.15) is 11.1 Å². The normalized spacial score (nSPS) is 9.60. The maximum atomic E-state index is 11.9. The van der Waals surface area contributed by atoms with Gasteiger partial charge in [0.2, 0.25) is 5.95 Å². The van der Waals surface area contributed by atoms with Crippen molar-refractivity contribution >= 4 is 17.7 Å². The van der Waals surface area contributed by atoms with E-state index in [4.69, 9.17) is 10.5 Å². The molecule has 122 valence electrons. The second-order valence-electron chi connectivity index (χ2n) is 4.87. The Morgan fingerprint density at radius 1 is 1.00 bits per heavy atom. The SMILES string of the molecule is Nc1ncc(C#Cc2cncc(OC(=O)Nc3ccccc3)c2)cn1. The minimum atomic E-state index is -0.606. The number of nitrogen functional groups attached to an aromatic ring is 1. The molecule has 0 unspecified atom stereocenters. The van der Waals surface area contributed by atoms with Crippen LogP contribution in [0.3, 0.4) is 0 Å². The van der Waals surface area contributed by atoms with E-state index in [-0.39, 0.29) is 11.7 Å². The van der Waals surface area contributed by atoms with E-state index in [1.54, 1.807) is 24.4 Å². The summed E-state index contributed by atoms with van der Waals surface area (Å²) >= 11 is 0. The molecule has 3 aromatic rings. The Kier molecular flexibility index (Phi) is 4.83. The molecule has 0 saturated heterocycles. The van der Waals surface area contributed by atoms with Crippen LogP contribution in [0, 0.1) is 11.8 Å². The summed E-state index contributed by atoms with van der Waals surface area (Å²) in [5.74, 6) is 6.25. The first-order valence-electron chi connectivity index (χ1n) is 7.27. The number of hydrogen-bond donors (Lipinski definition) is 2. The van der Waals surface area contributed by atoms with Gasteiger partial charge < -0.3 is 10.5 Å². The molecule has 0 spiro atoms. The number of pyridine rings is 1. The van der Waals surface area contributed by atoms with Crippen molar-refractivity contribution in [2.45, 2.75) is 0 Å². The Balaban J connectivity index is 1.67. The van der Waals surface area contributed by atoms with Crippen LogP contribution in [0.4, 0.5) is 16.4 Å². The van der Waals surface area contributed by atoms with Crippen LogP contribution >= 0.6 is 0 Å². The van der Waals surface area contributed by atoms with Crippen LogP contribution in [0.5, 0.6) is 5.75 Å². The summed E-state index contributed by atoms with van der Waals surface area (Å²) < 4.78 is 5.21. The smallest absolute Gasteiger partial charge is 0.408 e. The number of carbonyl (C=O) groups excluding carboxylic acids is 1. The van der Waals surface area contributed by atoms with E-state index in [1.165, 1.54) is 18.6 Å². The number of aromatic nitrogens is 3. The van der Waals surface area contributed by atoms with Gasteiger partial charge in [-0.05, 0) is 18.2 Å². The largest absolute Gasteiger partial charge is 0.417 e. The first-order chi connectivity index (χ1) is 12.2. The fourth-order valence-electron chi connectivity index (χ4n) is 1.86. The Labute approximate surface area is 143 Å². The molecule has 0 aliphatic heterocycles. The highest BCUT2D eigenvalue weighted by Crippen LogP contribution is 2.12. The molecule has 7 heteroatoms. The molecular weight excluding hydrogens is 318 g/mol. The summed E-state index contributed by atoms with van der Waals surface area (Å²) in [6.45, 7) is 0. The van der Waals surface area contributed by atoms with Gasteiger partial charge in [-0.3, -0.25) is 10.3 Å². The topological polar surface area (TPSA) is 103 Å². The van der Waals surface area contributed by atoms with Crippen molar-refractivity contribution in [2.24, 2.45) is 0 Å². The lowest BCUT2D eigenvalue weighted by atomic mass is 10.2. The lowest BCUT2D eigenvalue weighted by Crippen LogP contribution is -2.16. The van der Waals surface area contributed by atoms with E-state index >= 15 is 0 Å². The first kappa shape index (κ1) is 16.0. The first-order valence-corrected chi connectivity index (χ1v) is 7.27. The van der Waals surface area contributed by atoms with Crippen molar-refractivity contribution in [3.05, 3.63) is 72.3 Å². The summed E-state index contributed by atoms with van der Waals surface area (Å²) in [6, 6.07) is 10.6. The third kappa shape index (κ3) is 4.77. The van der Waals surface area contributed by atoms with Crippen molar-refractivity contribution < 1.29 is 9.53 Å². The van der Waals surface area contributed by atoms with Crippen molar-refractivity contribution in [1.29, 1.82) is 0 Å². The van der Waals surface area contributed by atoms with Gasteiger partial charge in [0, 0.05) is 29.8 Å². The summed E-state index contributed by atoms with van der Waals surface area (Å²) in [7, 11) is 0. The van der Waals surface area contributed by atoms with Crippen molar-refractivity contribution in [1.82, 2.24) is 15.0 Å². The lowest BCUT2D eigenvalue weighted by Gasteiger charge is -2.06. The molecule has 0 atom stereocenters. The molecular formula is C18H13N5O2. The maximum Gasteiger partial charge on any atom is 0.417 e. The fourth-order valence-corrected chi connectivity index (χ4v) is 1.86. The Morgan fingerprint density at radius 3 is 2.48 bits per heavy atom. The molecule has 1 amide bonds. The van der Waals surface area contributed by atoms with Crippen LogP contribution < -0.4 is 15.8 Å². The van der Waals surface area contributed by atoms with E-state index in [2.05, 4.69) is 32.1 Å². The van der Waals surface area contributed by atoms with Crippen LogP contribution in [0.2, 0.25) is 0 Å². The zero-order valence-corrected chi connectivity index (χ0v) is 13.0. The predicted molar refractivity (Wildman–Crippen MR) is 92.8 cm³/mol. The number of amides is 1. The molecule has 0 saturated carbocycles.